The molecule has 2 aromatic rings. The number of nitrogens with two attached hydrogens (primary N) is 1. The van der Waals surface area contributed by atoms with Gasteiger partial charge in [-0.05, 0) is 49.8 Å². The maximum absolute atomic E-state index is 13.6. The second kappa shape index (κ2) is 11.1. The summed E-state index contributed by atoms with van der Waals surface area (Å²) in [6, 6.07) is 16.4. The quantitative estimate of drug-likeness (QED) is 0.444. The monoisotopic (exact) mass is 542 g/mol. The third kappa shape index (κ3) is 6.61. The van der Waals surface area contributed by atoms with Crippen LogP contribution in [-0.2, 0) is 36.4 Å². The van der Waals surface area contributed by atoms with Crippen molar-refractivity contribution in [3.63, 3.8) is 0 Å². The predicted octanol–water partition coefficient (Wildman–Crippen LogP) is 1.98. The lowest BCUT2D eigenvalue weighted by molar-refractivity contribution is -0.140. The van der Waals surface area contributed by atoms with E-state index in [-0.39, 0.29) is 24.0 Å². The number of ether oxygens (including phenoxy) is 1. The number of nitrogens with one attached hydrogen (secondary N) is 2. The molecule has 2 aliphatic rings. The Bertz CT molecular complexity index is 1250. The van der Waals surface area contributed by atoms with Gasteiger partial charge < -0.3 is 20.7 Å². The van der Waals surface area contributed by atoms with E-state index in [1.165, 1.54) is 6.26 Å². The molecular formula is C28H38N4O5S. The van der Waals surface area contributed by atoms with Crippen LogP contribution in [0.1, 0.15) is 55.8 Å². The fourth-order valence-electron chi connectivity index (χ4n) is 5.49. The molecule has 1 spiro atoms. The minimum absolute atomic E-state index is 0.0282. The molecule has 2 amide bonds. The summed E-state index contributed by atoms with van der Waals surface area (Å²) in [6.45, 7) is 4.53. The lowest BCUT2D eigenvalue weighted by Crippen LogP contribution is -2.59. The molecular weight excluding hydrogens is 504 g/mol. The fraction of sp³-hybridized carbons (Fsp3) is 0.500. The highest BCUT2D eigenvalue weighted by molar-refractivity contribution is 7.88. The third-order valence-corrected chi connectivity index (χ3v) is 8.19. The summed E-state index contributed by atoms with van der Waals surface area (Å²) >= 11 is 0. The standard InChI is InChI=1S/C28H38N4O5S/c1-27(2,29)26(34)30-24(19-37-18-20-9-5-4-6-10-20)25(33)32-15-13-28(14-16-32)17-23(31-38(3,35)36)21-11-7-8-12-22(21)28/h4-12,23-24,31H,13-19,29H2,1-3H3,(H,30,34)/t23?,24-/m1/s1. The van der Waals surface area contributed by atoms with Crippen LogP contribution >= 0.6 is 0 Å². The van der Waals surface area contributed by atoms with E-state index in [9.17, 15) is 18.0 Å². The van der Waals surface area contributed by atoms with Crippen LogP contribution in [0.5, 0.6) is 0 Å². The van der Waals surface area contributed by atoms with Gasteiger partial charge in [-0.25, -0.2) is 13.1 Å². The van der Waals surface area contributed by atoms with Gasteiger partial charge in [0.05, 0.1) is 25.0 Å². The number of likely N-dealkylation sites (tertiary alicyclic amines) is 1. The first-order chi connectivity index (χ1) is 17.9. The average Bonchev–Trinajstić information content (AvgIpc) is 3.14. The Morgan fingerprint density at radius 1 is 1.11 bits per heavy atom. The Kier molecular flexibility index (Phi) is 8.27. The predicted molar refractivity (Wildman–Crippen MR) is 146 cm³/mol. The summed E-state index contributed by atoms with van der Waals surface area (Å²) < 4.78 is 32.6. The van der Waals surface area contributed by atoms with E-state index < -0.39 is 27.5 Å². The van der Waals surface area contributed by atoms with Crippen molar-refractivity contribution in [3.05, 3.63) is 71.3 Å². The Labute approximate surface area is 225 Å². The van der Waals surface area contributed by atoms with Crippen LogP contribution in [0, 0.1) is 0 Å². The van der Waals surface area contributed by atoms with Gasteiger partial charge in [-0.15, -0.1) is 0 Å². The summed E-state index contributed by atoms with van der Waals surface area (Å²) in [5.74, 6) is -0.630. The first-order valence-corrected chi connectivity index (χ1v) is 14.8. The van der Waals surface area contributed by atoms with E-state index in [4.69, 9.17) is 10.5 Å². The summed E-state index contributed by atoms with van der Waals surface area (Å²) in [4.78, 5) is 28.0. The van der Waals surface area contributed by atoms with Crippen LogP contribution in [-0.4, -0.2) is 62.7 Å². The van der Waals surface area contributed by atoms with Crippen molar-refractivity contribution in [2.75, 3.05) is 26.0 Å². The maximum atomic E-state index is 13.6. The molecule has 1 aliphatic heterocycles. The van der Waals surface area contributed by atoms with Gasteiger partial charge in [-0.3, -0.25) is 9.59 Å². The van der Waals surface area contributed by atoms with Gasteiger partial charge in [0, 0.05) is 24.5 Å². The van der Waals surface area contributed by atoms with E-state index in [1.807, 2.05) is 48.5 Å². The maximum Gasteiger partial charge on any atom is 0.247 e. The molecule has 2 aromatic carbocycles. The molecule has 0 aromatic heterocycles. The average molecular weight is 543 g/mol. The molecule has 1 fully saturated rings. The summed E-state index contributed by atoms with van der Waals surface area (Å²) in [5, 5.41) is 2.79. The Morgan fingerprint density at radius 2 is 1.74 bits per heavy atom. The number of sulfonamides is 1. The van der Waals surface area contributed by atoms with Crippen LogP contribution in [0.25, 0.3) is 0 Å². The Balaban J connectivity index is 1.45. The molecule has 0 radical (unpaired) electrons. The van der Waals surface area contributed by atoms with Gasteiger partial charge in [-0.1, -0.05) is 54.6 Å². The van der Waals surface area contributed by atoms with Crippen molar-refractivity contribution in [2.45, 2.75) is 62.8 Å². The minimum atomic E-state index is -3.37. The van der Waals surface area contributed by atoms with E-state index in [1.54, 1.807) is 18.7 Å². The van der Waals surface area contributed by atoms with Gasteiger partial charge in [-0.2, -0.15) is 0 Å². The minimum Gasteiger partial charge on any atom is -0.374 e. The van der Waals surface area contributed by atoms with Crippen molar-refractivity contribution >= 4 is 21.8 Å². The number of nitrogens with zero attached hydrogens (tertiary/aromatic N) is 1. The van der Waals surface area contributed by atoms with Gasteiger partial charge in [0.2, 0.25) is 21.8 Å². The van der Waals surface area contributed by atoms with Crippen LogP contribution in [0.3, 0.4) is 0 Å². The smallest absolute Gasteiger partial charge is 0.247 e. The van der Waals surface area contributed by atoms with E-state index in [0.717, 1.165) is 16.7 Å². The Hall–Kier alpha value is -2.79. The lowest BCUT2D eigenvalue weighted by atomic mass is 9.73. The zero-order chi connectivity index (χ0) is 27.6. The number of carbonyl (C=O) groups is 2. The second-order valence-corrected chi connectivity index (χ2v) is 12.9. The number of amides is 2. The molecule has 2 atom stereocenters. The largest absolute Gasteiger partial charge is 0.374 e. The summed E-state index contributed by atoms with van der Waals surface area (Å²) in [5.41, 5.74) is 7.75. The molecule has 206 valence electrons. The molecule has 0 saturated carbocycles. The number of carbonyl (C=O) groups excluding carboxylic acids is 2. The SMILES string of the molecule is CC(C)(N)C(=O)N[C@H](COCc1ccccc1)C(=O)N1CCC2(CC1)CC(NS(C)(=O)=O)c1ccccc12. The second-order valence-electron chi connectivity index (χ2n) is 11.1. The number of rotatable bonds is 9. The van der Waals surface area contributed by atoms with E-state index in [0.29, 0.717) is 39.0 Å². The van der Waals surface area contributed by atoms with Crippen molar-refractivity contribution in [3.8, 4) is 0 Å². The highest BCUT2D eigenvalue weighted by Crippen LogP contribution is 2.50. The molecule has 1 unspecified atom stereocenters. The molecule has 1 heterocycles. The van der Waals surface area contributed by atoms with Crippen molar-refractivity contribution in [1.29, 1.82) is 0 Å². The highest BCUT2D eigenvalue weighted by Gasteiger charge is 2.47. The summed E-state index contributed by atoms with van der Waals surface area (Å²) in [7, 11) is -3.37. The molecule has 1 saturated heterocycles. The number of piperidine rings is 1. The molecule has 4 N–H and O–H groups in total. The van der Waals surface area contributed by atoms with E-state index >= 15 is 0 Å². The van der Waals surface area contributed by atoms with Crippen molar-refractivity contribution in [2.24, 2.45) is 5.73 Å². The number of hydrogen-bond acceptors (Lipinski definition) is 6. The first kappa shape index (κ1) is 28.2. The van der Waals surface area contributed by atoms with Crippen LogP contribution in [0.15, 0.2) is 54.6 Å². The Morgan fingerprint density at radius 3 is 2.37 bits per heavy atom. The number of benzene rings is 2. The third-order valence-electron chi connectivity index (χ3n) is 7.48. The zero-order valence-corrected chi connectivity index (χ0v) is 23.1. The molecule has 1 aliphatic carbocycles. The highest BCUT2D eigenvalue weighted by atomic mass is 32.2. The van der Waals surface area contributed by atoms with Crippen LogP contribution in [0.2, 0.25) is 0 Å². The summed E-state index contributed by atoms with van der Waals surface area (Å²) in [6.07, 6.45) is 3.24. The number of hydrogen-bond donors (Lipinski definition) is 3. The van der Waals surface area contributed by atoms with Crippen molar-refractivity contribution < 1.29 is 22.7 Å². The normalized spacial score (nSPS) is 19.7. The first-order valence-electron chi connectivity index (χ1n) is 12.9. The lowest BCUT2D eigenvalue weighted by Gasteiger charge is -2.41. The van der Waals surface area contributed by atoms with E-state index in [2.05, 4.69) is 16.1 Å². The molecule has 4 rings (SSSR count). The molecule has 10 heteroatoms. The topological polar surface area (TPSA) is 131 Å². The molecule has 0 bridgehead atoms. The fourth-order valence-corrected chi connectivity index (χ4v) is 6.22. The zero-order valence-electron chi connectivity index (χ0n) is 22.3. The molecule has 9 nitrogen and oxygen atoms in total. The van der Waals surface area contributed by atoms with Gasteiger partial charge >= 0.3 is 0 Å². The van der Waals surface area contributed by atoms with Gasteiger partial charge in [0.25, 0.3) is 0 Å². The van der Waals surface area contributed by atoms with Gasteiger partial charge in [0.15, 0.2) is 0 Å². The van der Waals surface area contributed by atoms with Crippen LogP contribution < -0.4 is 15.8 Å². The molecule has 38 heavy (non-hydrogen) atoms. The van der Waals surface area contributed by atoms with Gasteiger partial charge in [0.1, 0.15) is 6.04 Å². The van der Waals surface area contributed by atoms with Crippen LogP contribution in [0.4, 0.5) is 0 Å². The number of fused-ring (bicyclic) bond motifs is 2. The van der Waals surface area contributed by atoms with Crippen molar-refractivity contribution in [1.82, 2.24) is 14.9 Å².